The molecule has 3 heteroatoms. The molecule has 0 bridgehead atoms. The highest BCUT2D eigenvalue weighted by Gasteiger charge is 2.12. The third kappa shape index (κ3) is 4.44. The summed E-state index contributed by atoms with van der Waals surface area (Å²) in [6.45, 7) is 3.77. The number of alkyl halides is 1. The fraction of sp³-hybridized carbons (Fsp3) is 0.538. The summed E-state index contributed by atoms with van der Waals surface area (Å²) >= 11 is 9.72. The third-order valence-corrected chi connectivity index (χ3v) is 3.62. The van der Waals surface area contributed by atoms with Gasteiger partial charge in [0.15, 0.2) is 0 Å². The van der Waals surface area contributed by atoms with Crippen LogP contribution in [0, 0.1) is 0 Å². The smallest absolute Gasteiger partial charge is 0.0472 e. The van der Waals surface area contributed by atoms with Crippen molar-refractivity contribution in [3.63, 3.8) is 0 Å². The monoisotopic (exact) mass is 304 g/mol. The van der Waals surface area contributed by atoms with Crippen LogP contribution in [0.4, 0.5) is 0 Å². The number of rotatable bonds is 7. The molecule has 1 atom stereocenters. The number of halogens is 2. The van der Waals surface area contributed by atoms with Crippen molar-refractivity contribution in [2.24, 2.45) is 0 Å². The van der Waals surface area contributed by atoms with Crippen molar-refractivity contribution in [2.75, 3.05) is 18.5 Å². The summed E-state index contributed by atoms with van der Waals surface area (Å²) in [6.07, 6.45) is 2.08. The Hall–Kier alpha value is -0.0500. The lowest BCUT2D eigenvalue weighted by Gasteiger charge is -2.15. The van der Waals surface area contributed by atoms with Gasteiger partial charge < -0.3 is 4.74 Å². The first-order valence-electron chi connectivity index (χ1n) is 5.67. The molecule has 0 spiro atoms. The minimum atomic E-state index is 0.436. The molecule has 1 nitrogen and oxygen atoms in total. The zero-order valence-corrected chi connectivity index (χ0v) is 11.9. The zero-order chi connectivity index (χ0) is 11.8. The molecular formula is C13H18BrClO. The van der Waals surface area contributed by atoms with Crippen molar-refractivity contribution in [1.29, 1.82) is 0 Å². The second kappa shape index (κ2) is 8.10. The Kier molecular flexibility index (Phi) is 7.10. The molecule has 0 saturated heterocycles. The van der Waals surface area contributed by atoms with E-state index in [1.54, 1.807) is 0 Å². The summed E-state index contributed by atoms with van der Waals surface area (Å²) in [5.41, 5.74) is 1.21. The van der Waals surface area contributed by atoms with Crippen LogP contribution in [-0.2, 0) is 4.74 Å². The van der Waals surface area contributed by atoms with E-state index in [0.717, 1.165) is 36.4 Å². The van der Waals surface area contributed by atoms with E-state index in [-0.39, 0.29) is 0 Å². The number of benzene rings is 1. The topological polar surface area (TPSA) is 9.23 Å². The molecule has 1 aromatic rings. The Bertz CT molecular complexity index is 304. The molecule has 90 valence electrons. The second-order valence-electron chi connectivity index (χ2n) is 3.77. The van der Waals surface area contributed by atoms with Crippen LogP contribution >= 0.6 is 27.5 Å². The maximum absolute atomic E-state index is 6.18. The van der Waals surface area contributed by atoms with Crippen molar-refractivity contribution in [3.8, 4) is 0 Å². The number of ether oxygens (including phenoxy) is 1. The summed E-state index contributed by atoms with van der Waals surface area (Å²) < 4.78 is 5.51. The van der Waals surface area contributed by atoms with E-state index in [1.165, 1.54) is 5.56 Å². The van der Waals surface area contributed by atoms with Gasteiger partial charge in [-0.05, 0) is 30.4 Å². The highest BCUT2D eigenvalue weighted by molar-refractivity contribution is 9.09. The third-order valence-electron chi connectivity index (χ3n) is 2.49. The molecular weight excluding hydrogens is 287 g/mol. The van der Waals surface area contributed by atoms with E-state index >= 15 is 0 Å². The number of hydrogen-bond donors (Lipinski definition) is 0. The van der Waals surface area contributed by atoms with E-state index in [4.69, 9.17) is 16.3 Å². The molecule has 16 heavy (non-hydrogen) atoms. The maximum Gasteiger partial charge on any atom is 0.0472 e. The second-order valence-corrected chi connectivity index (χ2v) is 4.83. The molecule has 0 heterocycles. The Morgan fingerprint density at radius 3 is 2.69 bits per heavy atom. The van der Waals surface area contributed by atoms with Gasteiger partial charge in [-0.2, -0.15) is 0 Å². The molecule has 0 saturated carbocycles. The highest BCUT2D eigenvalue weighted by Crippen LogP contribution is 2.28. The quantitative estimate of drug-likeness (QED) is 0.527. The van der Waals surface area contributed by atoms with E-state index in [0.29, 0.717) is 5.92 Å². The van der Waals surface area contributed by atoms with E-state index in [9.17, 15) is 0 Å². The Balaban J connectivity index is 2.51. The molecule has 1 unspecified atom stereocenters. The fourth-order valence-electron chi connectivity index (χ4n) is 1.59. The molecule has 0 N–H and O–H groups in total. The first kappa shape index (κ1) is 14.0. The van der Waals surface area contributed by atoms with Gasteiger partial charge in [0.1, 0.15) is 0 Å². The van der Waals surface area contributed by atoms with Crippen LogP contribution in [0.15, 0.2) is 24.3 Å². The maximum atomic E-state index is 6.18. The van der Waals surface area contributed by atoms with Gasteiger partial charge in [0.2, 0.25) is 0 Å². The van der Waals surface area contributed by atoms with Gasteiger partial charge >= 0.3 is 0 Å². The van der Waals surface area contributed by atoms with E-state index in [2.05, 4.69) is 28.9 Å². The van der Waals surface area contributed by atoms with Crippen molar-refractivity contribution in [1.82, 2.24) is 0 Å². The molecule has 0 aliphatic heterocycles. The van der Waals surface area contributed by atoms with Crippen molar-refractivity contribution in [3.05, 3.63) is 34.9 Å². The largest absolute Gasteiger partial charge is 0.381 e. The van der Waals surface area contributed by atoms with Gasteiger partial charge in [-0.3, -0.25) is 0 Å². The fourth-order valence-corrected chi connectivity index (χ4v) is 2.56. The molecule has 0 fully saturated rings. The van der Waals surface area contributed by atoms with Crippen molar-refractivity contribution < 1.29 is 4.74 Å². The molecule has 0 aromatic heterocycles. The minimum absolute atomic E-state index is 0.436. The van der Waals surface area contributed by atoms with Gasteiger partial charge in [-0.1, -0.05) is 52.7 Å². The molecule has 0 radical (unpaired) electrons. The molecule has 1 aromatic carbocycles. The SMILES string of the molecule is CCCOCCC(CBr)c1ccccc1Cl. The predicted octanol–water partition coefficient (Wildman–Crippen LogP) is 4.64. The average molecular weight is 306 g/mol. The Morgan fingerprint density at radius 2 is 2.06 bits per heavy atom. The standard InChI is InChI=1S/C13H18BrClO/c1-2-8-16-9-7-11(10-14)12-5-3-4-6-13(12)15/h3-6,11H,2,7-10H2,1H3. The van der Waals surface area contributed by atoms with Crippen LogP contribution in [0.5, 0.6) is 0 Å². The van der Waals surface area contributed by atoms with Gasteiger partial charge in [-0.25, -0.2) is 0 Å². The highest BCUT2D eigenvalue weighted by atomic mass is 79.9. The summed E-state index contributed by atoms with van der Waals surface area (Å²) in [5, 5.41) is 1.77. The Morgan fingerprint density at radius 1 is 1.31 bits per heavy atom. The zero-order valence-electron chi connectivity index (χ0n) is 9.59. The average Bonchev–Trinajstić information content (AvgIpc) is 2.31. The van der Waals surface area contributed by atoms with E-state index in [1.807, 2.05) is 18.2 Å². The number of hydrogen-bond acceptors (Lipinski definition) is 1. The normalized spacial score (nSPS) is 12.7. The lowest BCUT2D eigenvalue weighted by atomic mass is 9.98. The van der Waals surface area contributed by atoms with E-state index < -0.39 is 0 Å². The molecule has 1 rings (SSSR count). The lowest BCUT2D eigenvalue weighted by Crippen LogP contribution is -2.06. The summed E-state index contributed by atoms with van der Waals surface area (Å²) in [6, 6.07) is 8.03. The van der Waals surface area contributed by atoms with Crippen LogP contribution in [0.1, 0.15) is 31.2 Å². The first-order chi connectivity index (χ1) is 7.79. The lowest BCUT2D eigenvalue weighted by molar-refractivity contribution is 0.129. The molecule has 0 aliphatic rings. The summed E-state index contributed by atoms with van der Waals surface area (Å²) in [7, 11) is 0. The molecule has 0 amide bonds. The minimum Gasteiger partial charge on any atom is -0.381 e. The van der Waals surface area contributed by atoms with Crippen LogP contribution in [0.25, 0.3) is 0 Å². The van der Waals surface area contributed by atoms with Crippen LogP contribution in [0.3, 0.4) is 0 Å². The van der Waals surface area contributed by atoms with Gasteiger partial charge in [0.25, 0.3) is 0 Å². The summed E-state index contributed by atoms with van der Waals surface area (Å²) in [5.74, 6) is 0.436. The van der Waals surface area contributed by atoms with Gasteiger partial charge in [0, 0.05) is 23.6 Å². The van der Waals surface area contributed by atoms with Crippen LogP contribution in [0.2, 0.25) is 5.02 Å². The first-order valence-corrected chi connectivity index (χ1v) is 7.17. The Labute approximate surface area is 111 Å². The van der Waals surface area contributed by atoms with Crippen molar-refractivity contribution >= 4 is 27.5 Å². The molecule has 0 aliphatic carbocycles. The summed E-state index contributed by atoms with van der Waals surface area (Å²) in [4.78, 5) is 0. The van der Waals surface area contributed by atoms with Crippen molar-refractivity contribution in [2.45, 2.75) is 25.7 Å². The van der Waals surface area contributed by atoms with Gasteiger partial charge in [0.05, 0.1) is 0 Å². The van der Waals surface area contributed by atoms with Gasteiger partial charge in [-0.15, -0.1) is 0 Å². The van der Waals surface area contributed by atoms with Crippen LogP contribution < -0.4 is 0 Å². The predicted molar refractivity (Wildman–Crippen MR) is 73.7 cm³/mol. The van der Waals surface area contributed by atoms with Crippen LogP contribution in [-0.4, -0.2) is 18.5 Å².